The van der Waals surface area contributed by atoms with Gasteiger partial charge in [-0.3, -0.25) is 25.0 Å². The molecule has 0 heterocycles. The number of hydrogen-bond donors (Lipinski definition) is 1. The molecule has 3 aromatic carbocycles. The molecule has 9 nitrogen and oxygen atoms in total. The standard InChI is InChI=1S/C20H15N3O6/c1-29-17-4-2-3-14(11-17)20(24)21-19-12-16(23(27)28)9-10-18(19)13-5-7-15(8-6-13)22(25)26/h2-12H,1H3,(H,21,24). The van der Waals surface area contributed by atoms with E-state index in [9.17, 15) is 25.0 Å². The normalized spacial score (nSPS) is 10.2. The molecule has 0 atom stereocenters. The minimum atomic E-state index is -0.569. The fourth-order valence-corrected chi connectivity index (χ4v) is 2.72. The number of rotatable bonds is 6. The van der Waals surface area contributed by atoms with Crippen molar-refractivity contribution in [1.29, 1.82) is 0 Å². The number of hydrogen-bond acceptors (Lipinski definition) is 6. The molecule has 0 spiro atoms. The van der Waals surface area contributed by atoms with E-state index < -0.39 is 15.8 Å². The molecule has 0 aliphatic rings. The summed E-state index contributed by atoms with van der Waals surface area (Å²) in [5.41, 5.74) is 1.29. The van der Waals surface area contributed by atoms with Gasteiger partial charge in [-0.25, -0.2) is 0 Å². The molecule has 3 rings (SSSR count). The first-order valence-corrected chi connectivity index (χ1v) is 8.37. The molecular weight excluding hydrogens is 378 g/mol. The number of amides is 1. The maximum absolute atomic E-state index is 12.7. The van der Waals surface area contributed by atoms with Crippen molar-refractivity contribution in [3.8, 4) is 16.9 Å². The van der Waals surface area contributed by atoms with Gasteiger partial charge in [-0.15, -0.1) is 0 Å². The summed E-state index contributed by atoms with van der Waals surface area (Å²) in [4.78, 5) is 33.6. The number of nitro benzene ring substituents is 2. The van der Waals surface area contributed by atoms with Crippen LogP contribution in [0.3, 0.4) is 0 Å². The largest absolute Gasteiger partial charge is 0.497 e. The Morgan fingerprint density at radius 1 is 0.897 bits per heavy atom. The summed E-state index contributed by atoms with van der Waals surface area (Å²) in [6.45, 7) is 0. The predicted molar refractivity (Wildman–Crippen MR) is 106 cm³/mol. The van der Waals surface area contributed by atoms with Gasteiger partial charge < -0.3 is 10.1 Å². The van der Waals surface area contributed by atoms with Crippen LogP contribution in [0.4, 0.5) is 17.1 Å². The van der Waals surface area contributed by atoms with Gasteiger partial charge in [0.2, 0.25) is 0 Å². The van der Waals surface area contributed by atoms with E-state index in [1.54, 1.807) is 18.2 Å². The lowest BCUT2D eigenvalue weighted by Crippen LogP contribution is -2.13. The van der Waals surface area contributed by atoms with Crippen molar-refractivity contribution in [1.82, 2.24) is 0 Å². The smallest absolute Gasteiger partial charge is 0.271 e. The zero-order valence-corrected chi connectivity index (χ0v) is 15.2. The number of nitro groups is 2. The second-order valence-electron chi connectivity index (χ2n) is 5.98. The van der Waals surface area contributed by atoms with E-state index in [2.05, 4.69) is 5.32 Å². The Labute approximate surface area is 164 Å². The maximum atomic E-state index is 12.7. The lowest BCUT2D eigenvalue weighted by molar-refractivity contribution is -0.385. The number of methoxy groups -OCH3 is 1. The Morgan fingerprint density at radius 2 is 1.55 bits per heavy atom. The Morgan fingerprint density at radius 3 is 2.17 bits per heavy atom. The van der Waals surface area contributed by atoms with Crippen LogP contribution in [-0.2, 0) is 0 Å². The van der Waals surface area contributed by atoms with E-state index in [0.717, 1.165) is 0 Å². The first-order chi connectivity index (χ1) is 13.9. The van der Waals surface area contributed by atoms with Crippen molar-refractivity contribution in [3.05, 3.63) is 92.5 Å². The van der Waals surface area contributed by atoms with Crippen molar-refractivity contribution < 1.29 is 19.4 Å². The first-order valence-electron chi connectivity index (χ1n) is 8.37. The Hall–Kier alpha value is -4.27. The summed E-state index contributed by atoms with van der Waals surface area (Å²) in [6, 6.07) is 16.2. The zero-order valence-electron chi connectivity index (χ0n) is 15.2. The molecule has 9 heteroatoms. The van der Waals surface area contributed by atoms with Crippen LogP contribution < -0.4 is 10.1 Å². The highest BCUT2D eigenvalue weighted by Gasteiger charge is 2.16. The third kappa shape index (κ3) is 4.35. The van der Waals surface area contributed by atoms with Crippen LogP contribution in [-0.4, -0.2) is 22.9 Å². The van der Waals surface area contributed by atoms with E-state index in [4.69, 9.17) is 4.74 Å². The SMILES string of the molecule is COc1cccc(C(=O)Nc2cc([N+](=O)[O-])ccc2-c2ccc([N+](=O)[O-])cc2)c1. The van der Waals surface area contributed by atoms with Gasteiger partial charge in [-0.1, -0.05) is 6.07 Å². The van der Waals surface area contributed by atoms with E-state index in [1.165, 1.54) is 55.6 Å². The minimum Gasteiger partial charge on any atom is -0.497 e. The third-order valence-electron chi connectivity index (χ3n) is 4.18. The number of anilines is 1. The molecule has 1 amide bonds. The molecule has 0 unspecified atom stereocenters. The number of carbonyl (C=O) groups is 1. The van der Waals surface area contributed by atoms with Crippen molar-refractivity contribution in [2.75, 3.05) is 12.4 Å². The molecular formula is C20H15N3O6. The number of benzene rings is 3. The molecule has 3 aromatic rings. The summed E-state index contributed by atoms with van der Waals surface area (Å²) in [5, 5.41) is 24.7. The molecule has 0 saturated carbocycles. The Bertz CT molecular complexity index is 1100. The number of carbonyl (C=O) groups excluding carboxylic acids is 1. The predicted octanol–water partition coefficient (Wildman–Crippen LogP) is 4.43. The van der Waals surface area contributed by atoms with Gasteiger partial charge in [0.05, 0.1) is 22.6 Å². The van der Waals surface area contributed by atoms with Crippen LogP contribution in [0.25, 0.3) is 11.1 Å². The van der Waals surface area contributed by atoms with Crippen LogP contribution in [0.5, 0.6) is 5.75 Å². The molecule has 146 valence electrons. The van der Waals surface area contributed by atoms with Gasteiger partial charge in [0, 0.05) is 35.4 Å². The van der Waals surface area contributed by atoms with Crippen LogP contribution in [0, 0.1) is 20.2 Å². The summed E-state index contributed by atoms with van der Waals surface area (Å²) in [7, 11) is 1.48. The zero-order chi connectivity index (χ0) is 21.0. The fraction of sp³-hybridized carbons (Fsp3) is 0.0500. The summed E-state index contributed by atoms with van der Waals surface area (Å²) in [6.07, 6.45) is 0. The van der Waals surface area contributed by atoms with Crippen molar-refractivity contribution in [2.24, 2.45) is 0 Å². The highest BCUT2D eigenvalue weighted by molar-refractivity contribution is 6.06. The highest BCUT2D eigenvalue weighted by atomic mass is 16.6. The van der Waals surface area contributed by atoms with E-state index in [1.807, 2.05) is 0 Å². The summed E-state index contributed by atoms with van der Waals surface area (Å²) in [5.74, 6) is 0.0137. The van der Waals surface area contributed by atoms with Crippen LogP contribution in [0.1, 0.15) is 10.4 Å². The quantitative estimate of drug-likeness (QED) is 0.488. The van der Waals surface area contributed by atoms with E-state index in [0.29, 0.717) is 22.4 Å². The van der Waals surface area contributed by atoms with Crippen LogP contribution in [0.2, 0.25) is 0 Å². The molecule has 0 bridgehead atoms. The number of non-ortho nitro benzene ring substituents is 2. The number of nitrogens with zero attached hydrogens (tertiary/aromatic N) is 2. The highest BCUT2D eigenvalue weighted by Crippen LogP contribution is 2.33. The molecule has 29 heavy (non-hydrogen) atoms. The minimum absolute atomic E-state index is 0.0855. The van der Waals surface area contributed by atoms with Crippen molar-refractivity contribution >= 4 is 23.0 Å². The van der Waals surface area contributed by atoms with Gasteiger partial charge in [0.25, 0.3) is 17.3 Å². The van der Waals surface area contributed by atoms with Crippen molar-refractivity contribution in [3.63, 3.8) is 0 Å². The topological polar surface area (TPSA) is 125 Å². The lowest BCUT2D eigenvalue weighted by Gasteiger charge is -2.12. The molecule has 0 aliphatic heterocycles. The van der Waals surface area contributed by atoms with Gasteiger partial charge in [0.15, 0.2) is 0 Å². The van der Waals surface area contributed by atoms with Crippen molar-refractivity contribution in [2.45, 2.75) is 0 Å². The Kier molecular flexibility index (Phi) is 5.49. The monoisotopic (exact) mass is 393 g/mol. The molecule has 1 N–H and O–H groups in total. The van der Waals surface area contributed by atoms with Crippen LogP contribution >= 0.6 is 0 Å². The van der Waals surface area contributed by atoms with Gasteiger partial charge in [-0.05, 0) is 42.0 Å². The second-order valence-corrected chi connectivity index (χ2v) is 5.98. The first kappa shape index (κ1) is 19.5. The molecule has 0 aliphatic carbocycles. The lowest BCUT2D eigenvalue weighted by atomic mass is 10.0. The van der Waals surface area contributed by atoms with Gasteiger partial charge in [-0.2, -0.15) is 0 Å². The third-order valence-corrected chi connectivity index (χ3v) is 4.18. The van der Waals surface area contributed by atoms with E-state index in [-0.39, 0.29) is 17.1 Å². The average Bonchev–Trinajstić information content (AvgIpc) is 2.73. The number of ether oxygens (including phenoxy) is 1. The maximum Gasteiger partial charge on any atom is 0.271 e. The summed E-state index contributed by atoms with van der Waals surface area (Å²) >= 11 is 0. The van der Waals surface area contributed by atoms with Gasteiger partial charge >= 0.3 is 0 Å². The van der Waals surface area contributed by atoms with E-state index >= 15 is 0 Å². The molecule has 0 fully saturated rings. The Balaban J connectivity index is 2.00. The number of nitrogens with one attached hydrogen (secondary N) is 1. The van der Waals surface area contributed by atoms with Gasteiger partial charge in [0.1, 0.15) is 5.75 Å². The summed E-state index contributed by atoms with van der Waals surface area (Å²) < 4.78 is 5.11. The van der Waals surface area contributed by atoms with Crippen LogP contribution in [0.15, 0.2) is 66.7 Å². The fourth-order valence-electron chi connectivity index (χ4n) is 2.72. The average molecular weight is 393 g/mol. The molecule has 0 radical (unpaired) electrons. The molecule has 0 aromatic heterocycles. The second kappa shape index (κ2) is 8.17. The molecule has 0 saturated heterocycles.